The largest absolute Gasteiger partial charge is 0.417 e. The number of fused-ring (bicyclic) bond motifs is 1. The second-order valence-corrected chi connectivity index (χ2v) is 7.41. The van der Waals surface area contributed by atoms with Gasteiger partial charge in [-0.05, 0) is 48.4 Å². The van der Waals surface area contributed by atoms with E-state index in [0.717, 1.165) is 30.7 Å². The topological polar surface area (TPSA) is 54.0 Å². The highest BCUT2D eigenvalue weighted by Gasteiger charge is 2.39. The van der Waals surface area contributed by atoms with Crippen molar-refractivity contribution in [1.29, 1.82) is 0 Å². The first kappa shape index (κ1) is 18.1. The number of urea groups is 1. The van der Waals surface area contributed by atoms with Crippen LogP contribution in [0.3, 0.4) is 0 Å². The van der Waals surface area contributed by atoms with Crippen molar-refractivity contribution in [2.75, 3.05) is 0 Å². The van der Waals surface area contributed by atoms with E-state index in [-0.39, 0.29) is 24.0 Å². The molecule has 2 aromatic rings. The number of benzene rings is 1. The molecule has 0 radical (unpaired) electrons. The standard InChI is InChI=1S/C19H17ClF3N3O/c20-14-3-1-2-13(11-6-12(9-24-8-11)19(21,22)23)17(14)10-4-5-15-16(7-10)26-18(27)25-15/h1-3,6,8-10,15-16H,4-5,7H2,(H2,25,26,27). The molecule has 3 unspecified atom stereocenters. The predicted octanol–water partition coefficient (Wildman–Crippen LogP) is 4.74. The summed E-state index contributed by atoms with van der Waals surface area (Å²) in [5.74, 6) is 0.0460. The van der Waals surface area contributed by atoms with Crippen LogP contribution < -0.4 is 10.6 Å². The minimum Gasteiger partial charge on any atom is -0.333 e. The molecule has 2 fully saturated rings. The summed E-state index contributed by atoms with van der Waals surface area (Å²) in [7, 11) is 0. The Morgan fingerprint density at radius 2 is 1.89 bits per heavy atom. The number of amides is 2. The third kappa shape index (κ3) is 3.48. The third-order valence-corrected chi connectivity index (χ3v) is 5.65. The lowest BCUT2D eigenvalue weighted by Gasteiger charge is -2.32. The van der Waals surface area contributed by atoms with Crippen LogP contribution in [0.1, 0.15) is 36.3 Å². The third-order valence-electron chi connectivity index (χ3n) is 5.32. The maximum Gasteiger partial charge on any atom is 0.417 e. The Morgan fingerprint density at radius 1 is 1.11 bits per heavy atom. The maximum atomic E-state index is 13.1. The monoisotopic (exact) mass is 395 g/mol. The Morgan fingerprint density at radius 3 is 2.67 bits per heavy atom. The summed E-state index contributed by atoms with van der Waals surface area (Å²) in [6, 6.07) is 6.27. The number of nitrogens with one attached hydrogen (secondary N) is 2. The van der Waals surface area contributed by atoms with Crippen molar-refractivity contribution in [1.82, 2.24) is 15.6 Å². The second-order valence-electron chi connectivity index (χ2n) is 7.00. The van der Waals surface area contributed by atoms with Gasteiger partial charge in [0.25, 0.3) is 0 Å². The molecule has 1 aliphatic heterocycles. The molecule has 0 bridgehead atoms. The molecule has 1 aliphatic carbocycles. The van der Waals surface area contributed by atoms with Gasteiger partial charge in [-0.15, -0.1) is 0 Å². The molecule has 8 heteroatoms. The van der Waals surface area contributed by atoms with Gasteiger partial charge in [0.2, 0.25) is 0 Å². The zero-order valence-corrected chi connectivity index (χ0v) is 14.9. The summed E-state index contributed by atoms with van der Waals surface area (Å²) < 4.78 is 39.3. The predicted molar refractivity (Wildman–Crippen MR) is 95.5 cm³/mol. The van der Waals surface area contributed by atoms with Crippen molar-refractivity contribution in [3.63, 3.8) is 0 Å². The van der Waals surface area contributed by atoms with E-state index in [1.165, 1.54) is 6.20 Å². The van der Waals surface area contributed by atoms with E-state index in [9.17, 15) is 18.0 Å². The normalized spacial score (nSPS) is 24.9. The van der Waals surface area contributed by atoms with Crippen LogP contribution in [-0.4, -0.2) is 23.1 Å². The number of pyridine rings is 1. The van der Waals surface area contributed by atoms with Crippen LogP contribution in [-0.2, 0) is 6.18 Å². The summed E-state index contributed by atoms with van der Waals surface area (Å²) in [4.78, 5) is 15.4. The Hall–Kier alpha value is -2.28. The molecule has 142 valence electrons. The number of halogens is 4. The van der Waals surface area contributed by atoms with Crippen molar-refractivity contribution in [2.45, 2.75) is 43.4 Å². The lowest BCUT2D eigenvalue weighted by atomic mass is 9.77. The van der Waals surface area contributed by atoms with Gasteiger partial charge < -0.3 is 10.6 Å². The zero-order chi connectivity index (χ0) is 19.2. The fraction of sp³-hybridized carbons (Fsp3) is 0.368. The van der Waals surface area contributed by atoms with Gasteiger partial charge >= 0.3 is 12.2 Å². The van der Waals surface area contributed by atoms with Gasteiger partial charge in [0.05, 0.1) is 17.6 Å². The van der Waals surface area contributed by atoms with Crippen LogP contribution in [0, 0.1) is 0 Å². The van der Waals surface area contributed by atoms with Crippen LogP contribution in [0.15, 0.2) is 36.7 Å². The highest BCUT2D eigenvalue weighted by atomic mass is 35.5. The van der Waals surface area contributed by atoms with Crippen molar-refractivity contribution >= 4 is 17.6 Å². The number of carbonyl (C=O) groups is 1. The van der Waals surface area contributed by atoms with Gasteiger partial charge in [-0.1, -0.05) is 23.7 Å². The van der Waals surface area contributed by atoms with Gasteiger partial charge in [0.15, 0.2) is 0 Å². The molecule has 27 heavy (non-hydrogen) atoms. The molecule has 1 aromatic heterocycles. The van der Waals surface area contributed by atoms with E-state index in [4.69, 9.17) is 11.6 Å². The molecule has 0 spiro atoms. The van der Waals surface area contributed by atoms with Crippen LogP contribution in [0.25, 0.3) is 11.1 Å². The minimum atomic E-state index is -4.46. The molecule has 4 nitrogen and oxygen atoms in total. The number of aromatic nitrogens is 1. The summed E-state index contributed by atoms with van der Waals surface area (Å²) in [5.41, 5.74) is 1.07. The van der Waals surface area contributed by atoms with Crippen molar-refractivity contribution in [2.24, 2.45) is 0 Å². The number of rotatable bonds is 2. The molecule has 1 saturated heterocycles. The highest BCUT2D eigenvalue weighted by molar-refractivity contribution is 6.31. The first-order valence-corrected chi connectivity index (χ1v) is 9.09. The maximum absolute atomic E-state index is 13.1. The van der Waals surface area contributed by atoms with E-state index in [0.29, 0.717) is 22.6 Å². The number of hydrogen-bond donors (Lipinski definition) is 2. The highest BCUT2D eigenvalue weighted by Crippen LogP contribution is 2.43. The van der Waals surface area contributed by atoms with E-state index in [2.05, 4.69) is 15.6 Å². The summed E-state index contributed by atoms with van der Waals surface area (Å²) in [6.07, 6.45) is 0.0611. The summed E-state index contributed by atoms with van der Waals surface area (Å²) in [5, 5.41) is 6.32. The minimum absolute atomic E-state index is 0.00000672. The average Bonchev–Trinajstić information content (AvgIpc) is 3.00. The van der Waals surface area contributed by atoms with Crippen LogP contribution >= 0.6 is 11.6 Å². The van der Waals surface area contributed by atoms with Crippen LogP contribution in [0.5, 0.6) is 0 Å². The van der Waals surface area contributed by atoms with E-state index in [1.54, 1.807) is 18.2 Å². The first-order valence-electron chi connectivity index (χ1n) is 8.71. The number of nitrogens with zero attached hydrogens (tertiary/aromatic N) is 1. The molecule has 3 atom stereocenters. The van der Waals surface area contributed by atoms with E-state index >= 15 is 0 Å². The SMILES string of the molecule is O=C1NC2CCC(c3c(Cl)cccc3-c3cncc(C(F)(F)F)c3)CC2N1. The molecular weight excluding hydrogens is 379 g/mol. The van der Waals surface area contributed by atoms with E-state index < -0.39 is 11.7 Å². The average molecular weight is 396 g/mol. The van der Waals surface area contributed by atoms with Crippen molar-refractivity contribution in [3.8, 4) is 11.1 Å². The quantitative estimate of drug-likeness (QED) is 0.771. The van der Waals surface area contributed by atoms with Gasteiger partial charge in [-0.25, -0.2) is 4.79 Å². The van der Waals surface area contributed by atoms with E-state index in [1.807, 2.05) is 0 Å². The molecule has 2 amide bonds. The Labute approximate surface area is 159 Å². The van der Waals surface area contributed by atoms with Crippen molar-refractivity contribution < 1.29 is 18.0 Å². The van der Waals surface area contributed by atoms with Gasteiger partial charge in [0, 0.05) is 23.0 Å². The van der Waals surface area contributed by atoms with Crippen LogP contribution in [0.4, 0.5) is 18.0 Å². The number of alkyl halides is 3. The molecule has 2 aliphatic rings. The van der Waals surface area contributed by atoms with Gasteiger partial charge in [-0.2, -0.15) is 13.2 Å². The molecular formula is C19H17ClF3N3O. The number of hydrogen-bond acceptors (Lipinski definition) is 2. The lowest BCUT2D eigenvalue weighted by Crippen LogP contribution is -2.39. The first-order chi connectivity index (χ1) is 12.8. The number of carbonyl (C=O) groups excluding carboxylic acids is 1. The summed E-state index contributed by atoms with van der Waals surface area (Å²) in [6.45, 7) is 0. The molecule has 2 N–H and O–H groups in total. The zero-order valence-electron chi connectivity index (χ0n) is 14.2. The summed E-state index contributed by atoms with van der Waals surface area (Å²) >= 11 is 6.47. The fourth-order valence-electron chi connectivity index (χ4n) is 4.09. The van der Waals surface area contributed by atoms with Crippen LogP contribution in [0.2, 0.25) is 5.02 Å². The Balaban J connectivity index is 1.72. The molecule has 2 heterocycles. The van der Waals surface area contributed by atoms with Crippen molar-refractivity contribution in [3.05, 3.63) is 52.8 Å². The molecule has 4 rings (SSSR count). The van der Waals surface area contributed by atoms with Gasteiger partial charge in [-0.3, -0.25) is 4.98 Å². The second kappa shape index (κ2) is 6.71. The fourth-order valence-corrected chi connectivity index (χ4v) is 4.42. The lowest BCUT2D eigenvalue weighted by molar-refractivity contribution is -0.137. The Bertz CT molecular complexity index is 887. The molecule has 1 aromatic carbocycles. The smallest absolute Gasteiger partial charge is 0.333 e. The van der Waals surface area contributed by atoms with Gasteiger partial charge in [0.1, 0.15) is 0 Å². The Kier molecular flexibility index (Phi) is 4.50. The molecule has 1 saturated carbocycles.